The van der Waals surface area contributed by atoms with E-state index in [9.17, 15) is 0 Å². The van der Waals surface area contributed by atoms with Gasteiger partial charge in [0.15, 0.2) is 0 Å². The minimum absolute atomic E-state index is 0.255. The number of hydrogen-bond donors (Lipinski definition) is 1. The van der Waals surface area contributed by atoms with Crippen LogP contribution in [0.15, 0.2) is 30.3 Å². The van der Waals surface area contributed by atoms with Gasteiger partial charge in [0.05, 0.1) is 0 Å². The molecule has 0 amide bonds. The van der Waals surface area contributed by atoms with Gasteiger partial charge in [-0.05, 0) is 51.6 Å². The summed E-state index contributed by atoms with van der Waals surface area (Å²) in [4.78, 5) is 0. The maximum absolute atomic E-state index is 3.54. The summed E-state index contributed by atoms with van der Waals surface area (Å²) in [6, 6.07) is 10.8. The first-order valence-electron chi connectivity index (χ1n) is 6.79. The molecule has 0 aliphatic heterocycles. The highest BCUT2D eigenvalue weighted by Crippen LogP contribution is 2.20. The molecule has 17 heavy (non-hydrogen) atoms. The van der Waals surface area contributed by atoms with Crippen LogP contribution in [0.1, 0.15) is 58.4 Å². The normalized spacial score (nSPS) is 13.6. The molecule has 0 aromatic heterocycles. The van der Waals surface area contributed by atoms with Crippen molar-refractivity contribution in [1.82, 2.24) is 5.32 Å². The Hall–Kier alpha value is -0.820. The Kier molecular flexibility index (Phi) is 5.70. The second kappa shape index (κ2) is 6.80. The van der Waals surface area contributed by atoms with Gasteiger partial charge < -0.3 is 5.32 Å². The molecule has 1 N–H and O–H groups in total. The number of nitrogens with one attached hydrogen (secondary N) is 1. The maximum Gasteiger partial charge on any atom is 0.00965 e. The fraction of sp³-hybridized carbons (Fsp3) is 0.625. The Morgan fingerprint density at radius 3 is 2.29 bits per heavy atom. The van der Waals surface area contributed by atoms with E-state index in [0.717, 1.165) is 6.54 Å². The Bertz CT molecular complexity index is 297. The third kappa shape index (κ3) is 6.48. The van der Waals surface area contributed by atoms with Crippen LogP contribution in [0.2, 0.25) is 0 Å². The first-order chi connectivity index (χ1) is 7.99. The van der Waals surface area contributed by atoms with Crippen molar-refractivity contribution in [3.05, 3.63) is 35.9 Å². The first-order valence-corrected chi connectivity index (χ1v) is 6.79. The molecule has 1 rings (SSSR count). The molecule has 1 nitrogen and oxygen atoms in total. The van der Waals surface area contributed by atoms with E-state index in [4.69, 9.17) is 0 Å². The van der Waals surface area contributed by atoms with Gasteiger partial charge in [-0.25, -0.2) is 0 Å². The van der Waals surface area contributed by atoms with E-state index in [2.05, 4.69) is 63.3 Å². The Balaban J connectivity index is 2.15. The van der Waals surface area contributed by atoms with Gasteiger partial charge in [-0.15, -0.1) is 0 Å². The lowest BCUT2D eigenvalue weighted by Crippen LogP contribution is -2.36. The molecule has 0 heterocycles. The summed E-state index contributed by atoms with van der Waals surface area (Å²) in [5.74, 6) is 0.686. The highest BCUT2D eigenvalue weighted by molar-refractivity contribution is 5.18. The van der Waals surface area contributed by atoms with E-state index >= 15 is 0 Å². The first kappa shape index (κ1) is 14.2. The van der Waals surface area contributed by atoms with Gasteiger partial charge >= 0.3 is 0 Å². The number of hydrogen-bond acceptors (Lipinski definition) is 1. The molecule has 0 aliphatic rings. The molecule has 0 fully saturated rings. The van der Waals surface area contributed by atoms with Crippen molar-refractivity contribution < 1.29 is 0 Å². The van der Waals surface area contributed by atoms with E-state index < -0.39 is 0 Å². The highest BCUT2D eigenvalue weighted by Gasteiger charge is 2.08. The topological polar surface area (TPSA) is 12.0 Å². The van der Waals surface area contributed by atoms with Crippen molar-refractivity contribution in [2.75, 3.05) is 6.54 Å². The standard InChI is InChI=1S/C16H27N/c1-14(15-11-6-5-7-12-15)10-8-9-13-17-16(2,3)4/h5-7,11-12,14,17H,8-10,13H2,1-4H3. The summed E-state index contributed by atoms with van der Waals surface area (Å²) >= 11 is 0. The molecule has 1 aromatic rings. The van der Waals surface area contributed by atoms with E-state index in [-0.39, 0.29) is 5.54 Å². The molecule has 1 aromatic carbocycles. The third-order valence-corrected chi connectivity index (χ3v) is 3.09. The van der Waals surface area contributed by atoms with Gasteiger partial charge in [-0.2, -0.15) is 0 Å². The Morgan fingerprint density at radius 1 is 1.06 bits per heavy atom. The third-order valence-electron chi connectivity index (χ3n) is 3.09. The van der Waals surface area contributed by atoms with Crippen LogP contribution in [0, 0.1) is 0 Å². The molecule has 0 bridgehead atoms. The SMILES string of the molecule is CC(CCCCNC(C)(C)C)c1ccccc1. The quantitative estimate of drug-likeness (QED) is 0.720. The number of rotatable bonds is 6. The molecule has 1 unspecified atom stereocenters. The lowest BCUT2D eigenvalue weighted by Gasteiger charge is -2.20. The zero-order valence-electron chi connectivity index (χ0n) is 11.8. The van der Waals surface area contributed by atoms with E-state index in [1.54, 1.807) is 0 Å². The van der Waals surface area contributed by atoms with Gasteiger partial charge in [0.25, 0.3) is 0 Å². The zero-order chi connectivity index (χ0) is 12.7. The molecule has 0 saturated heterocycles. The van der Waals surface area contributed by atoms with Crippen LogP contribution in [0.4, 0.5) is 0 Å². The summed E-state index contributed by atoms with van der Waals surface area (Å²) in [6.45, 7) is 10.1. The highest BCUT2D eigenvalue weighted by atomic mass is 14.9. The van der Waals surface area contributed by atoms with Crippen LogP contribution in [0.5, 0.6) is 0 Å². The van der Waals surface area contributed by atoms with Crippen molar-refractivity contribution in [3.63, 3.8) is 0 Å². The lowest BCUT2D eigenvalue weighted by atomic mass is 9.95. The molecule has 0 radical (unpaired) electrons. The molecular formula is C16H27N. The average molecular weight is 233 g/mol. The largest absolute Gasteiger partial charge is 0.312 e. The molecule has 0 saturated carbocycles. The number of unbranched alkanes of at least 4 members (excludes halogenated alkanes) is 1. The summed E-state index contributed by atoms with van der Waals surface area (Å²) in [7, 11) is 0. The summed E-state index contributed by atoms with van der Waals surface area (Å²) < 4.78 is 0. The van der Waals surface area contributed by atoms with Crippen molar-refractivity contribution in [2.24, 2.45) is 0 Å². The average Bonchev–Trinajstić information content (AvgIpc) is 2.28. The van der Waals surface area contributed by atoms with Crippen LogP contribution in [0.25, 0.3) is 0 Å². The predicted octanol–water partition coefficient (Wildman–Crippen LogP) is 4.35. The minimum atomic E-state index is 0.255. The van der Waals surface area contributed by atoms with Crippen molar-refractivity contribution in [1.29, 1.82) is 0 Å². The van der Waals surface area contributed by atoms with Crippen LogP contribution in [0.3, 0.4) is 0 Å². The second-order valence-electron chi connectivity index (χ2n) is 5.98. The maximum atomic E-state index is 3.54. The van der Waals surface area contributed by atoms with Crippen LogP contribution >= 0.6 is 0 Å². The van der Waals surface area contributed by atoms with Crippen molar-refractivity contribution in [2.45, 2.75) is 58.4 Å². The van der Waals surface area contributed by atoms with Gasteiger partial charge in [0.2, 0.25) is 0 Å². The van der Waals surface area contributed by atoms with Gasteiger partial charge in [-0.1, -0.05) is 43.7 Å². The molecule has 96 valence electrons. The van der Waals surface area contributed by atoms with E-state index in [1.807, 2.05) is 0 Å². The van der Waals surface area contributed by atoms with E-state index in [1.165, 1.54) is 24.8 Å². The Morgan fingerprint density at radius 2 is 1.71 bits per heavy atom. The smallest absolute Gasteiger partial charge is 0.00965 e. The van der Waals surface area contributed by atoms with Crippen LogP contribution in [-0.4, -0.2) is 12.1 Å². The zero-order valence-corrected chi connectivity index (χ0v) is 11.8. The van der Waals surface area contributed by atoms with Crippen molar-refractivity contribution in [3.8, 4) is 0 Å². The van der Waals surface area contributed by atoms with E-state index in [0.29, 0.717) is 5.92 Å². The monoisotopic (exact) mass is 233 g/mol. The Labute approximate surface area is 107 Å². The van der Waals surface area contributed by atoms with Crippen LogP contribution < -0.4 is 5.32 Å². The molecule has 0 aliphatic carbocycles. The van der Waals surface area contributed by atoms with Gasteiger partial charge in [0.1, 0.15) is 0 Å². The second-order valence-corrected chi connectivity index (χ2v) is 5.98. The van der Waals surface area contributed by atoms with Gasteiger partial charge in [-0.3, -0.25) is 0 Å². The van der Waals surface area contributed by atoms with Crippen molar-refractivity contribution >= 4 is 0 Å². The summed E-state index contributed by atoms with van der Waals surface area (Å²) in [5.41, 5.74) is 1.72. The fourth-order valence-electron chi connectivity index (χ4n) is 1.99. The summed E-state index contributed by atoms with van der Waals surface area (Å²) in [6.07, 6.45) is 3.86. The number of benzene rings is 1. The molecule has 1 atom stereocenters. The van der Waals surface area contributed by atoms with Crippen LogP contribution in [-0.2, 0) is 0 Å². The predicted molar refractivity (Wildman–Crippen MR) is 76.5 cm³/mol. The molecular weight excluding hydrogens is 206 g/mol. The minimum Gasteiger partial charge on any atom is -0.312 e. The van der Waals surface area contributed by atoms with Gasteiger partial charge in [0, 0.05) is 5.54 Å². The molecule has 0 spiro atoms. The summed E-state index contributed by atoms with van der Waals surface area (Å²) in [5, 5.41) is 3.54. The lowest BCUT2D eigenvalue weighted by molar-refractivity contribution is 0.414. The fourth-order valence-corrected chi connectivity index (χ4v) is 1.99. The molecule has 1 heteroatoms.